The fourth-order valence-corrected chi connectivity index (χ4v) is 9.09. The lowest BCUT2D eigenvalue weighted by Crippen LogP contribution is -2.66. The largest absolute Gasteiger partial charge is 0.496 e. The van der Waals surface area contributed by atoms with E-state index in [1.165, 1.54) is 5.01 Å². The van der Waals surface area contributed by atoms with Crippen molar-refractivity contribution in [2.45, 2.75) is 26.4 Å². The molecule has 0 saturated carbocycles. The first-order chi connectivity index (χ1) is 35.7. The van der Waals surface area contributed by atoms with Gasteiger partial charge in [0.1, 0.15) is 60.9 Å². The van der Waals surface area contributed by atoms with Gasteiger partial charge in [-0.2, -0.15) is 0 Å². The van der Waals surface area contributed by atoms with Crippen LogP contribution in [0.2, 0.25) is 0 Å². The lowest BCUT2D eigenvalue weighted by atomic mass is 9.92. The van der Waals surface area contributed by atoms with Gasteiger partial charge in [0.15, 0.2) is 12.2 Å². The maximum atomic E-state index is 15.2. The molecule has 6 aromatic rings. The van der Waals surface area contributed by atoms with E-state index < -0.39 is 22.2 Å². The number of quaternary nitrogens is 1. The predicted octanol–water partition coefficient (Wildman–Crippen LogP) is 9.39. The van der Waals surface area contributed by atoms with Gasteiger partial charge in [-0.25, -0.2) is 9.59 Å². The number of hydrogen-bond acceptors (Lipinski definition) is 11. The van der Waals surface area contributed by atoms with E-state index in [0.29, 0.717) is 90.3 Å². The highest BCUT2D eigenvalue weighted by atomic mass is 16.6. The molecule has 1 atom stereocenters. The zero-order valence-electron chi connectivity index (χ0n) is 43.3. The molecule has 0 spiro atoms. The molecule has 74 heavy (non-hydrogen) atoms. The summed E-state index contributed by atoms with van der Waals surface area (Å²) in [5, 5.41) is 1.30. The molecule has 8 rings (SSSR count). The van der Waals surface area contributed by atoms with Crippen molar-refractivity contribution < 1.29 is 42.8 Å². The van der Waals surface area contributed by atoms with Gasteiger partial charge in [-0.3, -0.25) is 14.8 Å². The van der Waals surface area contributed by atoms with Crippen LogP contribution in [0.1, 0.15) is 54.2 Å². The Balaban J connectivity index is 1.28. The van der Waals surface area contributed by atoms with Crippen molar-refractivity contribution in [1.29, 1.82) is 0 Å². The number of fused-ring (bicyclic) bond motifs is 2. The summed E-state index contributed by atoms with van der Waals surface area (Å²) in [4.78, 5) is 55.1. The Kier molecular flexibility index (Phi) is 15.3. The molecular weight excluding hydrogens is 935 g/mol. The van der Waals surface area contributed by atoms with E-state index in [4.69, 9.17) is 38.4 Å². The van der Waals surface area contributed by atoms with Gasteiger partial charge in [-0.05, 0) is 56.2 Å². The molecule has 0 fully saturated rings. The number of carbonyl (C=O) groups is 3. The van der Waals surface area contributed by atoms with Crippen LogP contribution in [-0.2, 0) is 19.1 Å². The summed E-state index contributed by atoms with van der Waals surface area (Å²) >= 11 is 0. The zero-order chi connectivity index (χ0) is 52.7. The minimum absolute atomic E-state index is 0.124. The maximum Gasteiger partial charge on any atom is 0.456 e. The van der Waals surface area contributed by atoms with Crippen LogP contribution in [0, 0.1) is 23.7 Å². The normalized spacial score (nSPS) is 15.0. The number of aliphatic imine (C=N–C) groups is 2. The number of rotatable bonds is 11. The number of methoxy groups -OCH3 is 5. The monoisotopic (exact) mass is 992 g/mol. The molecule has 0 saturated heterocycles. The van der Waals surface area contributed by atoms with Gasteiger partial charge in [0, 0.05) is 48.5 Å². The molecule has 14 nitrogen and oxygen atoms in total. The summed E-state index contributed by atoms with van der Waals surface area (Å²) in [6.07, 6.45) is -0.804. The van der Waals surface area contributed by atoms with Gasteiger partial charge in [0.2, 0.25) is 5.91 Å². The SMILES string of the molecule is COCC#Cc1cccc(C2=NCC(=O)[N+](C)(N(CC#Cc3cccc(C4=NCC(=O)N(C)c5cc(OC)c(-c6ccccc6)c(OC)c54)c3)C(=O)OC(C)(C)C)c3cc(OC)c(-c4ccccc4)c(OC)c32)c1. The average Bonchev–Trinajstić information content (AvgIpc) is 3.60. The zero-order valence-corrected chi connectivity index (χ0v) is 43.3. The van der Waals surface area contributed by atoms with Crippen LogP contribution in [-0.4, -0.2) is 116 Å². The topological polar surface area (TPSA) is 138 Å². The minimum atomic E-state index is -0.969. The van der Waals surface area contributed by atoms with E-state index in [1.54, 1.807) is 81.4 Å². The third-order valence-corrected chi connectivity index (χ3v) is 12.6. The van der Waals surface area contributed by atoms with Crippen LogP contribution in [0.15, 0.2) is 131 Å². The fourth-order valence-electron chi connectivity index (χ4n) is 9.09. The second-order valence-corrected chi connectivity index (χ2v) is 18.4. The molecule has 0 bridgehead atoms. The number of anilines is 1. The van der Waals surface area contributed by atoms with Gasteiger partial charge in [-0.1, -0.05) is 109 Å². The first kappa shape index (κ1) is 51.7. The maximum absolute atomic E-state index is 15.2. The number of hydrogen-bond donors (Lipinski definition) is 0. The van der Waals surface area contributed by atoms with E-state index in [1.807, 2.05) is 115 Å². The summed E-state index contributed by atoms with van der Waals surface area (Å²) in [5.41, 5.74) is 7.48. The van der Waals surface area contributed by atoms with E-state index in [-0.39, 0.29) is 32.1 Å². The second kappa shape index (κ2) is 22.0. The molecule has 2 aliphatic heterocycles. The van der Waals surface area contributed by atoms with Crippen LogP contribution in [0.3, 0.4) is 0 Å². The summed E-state index contributed by atoms with van der Waals surface area (Å²) in [7, 11) is 11.2. The summed E-state index contributed by atoms with van der Waals surface area (Å²) in [6.45, 7) is 4.76. The number of likely N-dealkylation sites (N-methyl/N-ethyl adjacent to an activating group) is 2. The van der Waals surface area contributed by atoms with Crippen molar-refractivity contribution in [2.75, 3.05) is 80.8 Å². The van der Waals surface area contributed by atoms with Gasteiger partial charge in [0.05, 0.1) is 62.2 Å². The lowest BCUT2D eigenvalue weighted by molar-refractivity contribution is -0.140. The molecule has 1 unspecified atom stereocenters. The van der Waals surface area contributed by atoms with Crippen molar-refractivity contribution in [3.05, 3.63) is 155 Å². The number of ether oxygens (including phenoxy) is 6. The molecule has 0 radical (unpaired) electrons. The van der Waals surface area contributed by atoms with Gasteiger partial charge in [0.25, 0.3) is 0 Å². The highest BCUT2D eigenvalue weighted by Gasteiger charge is 2.51. The minimum Gasteiger partial charge on any atom is -0.496 e. The first-order valence-corrected chi connectivity index (χ1v) is 23.8. The average molecular weight is 993 g/mol. The molecule has 0 N–H and O–H groups in total. The number of benzene rings is 6. The van der Waals surface area contributed by atoms with Gasteiger partial charge >= 0.3 is 12.0 Å². The van der Waals surface area contributed by atoms with Crippen LogP contribution in [0.5, 0.6) is 23.0 Å². The Labute approximate surface area is 432 Å². The summed E-state index contributed by atoms with van der Waals surface area (Å²) in [5.74, 6) is 13.7. The highest BCUT2D eigenvalue weighted by Crippen LogP contribution is 2.50. The van der Waals surface area contributed by atoms with Crippen molar-refractivity contribution in [3.63, 3.8) is 0 Å². The second-order valence-electron chi connectivity index (χ2n) is 18.4. The van der Waals surface area contributed by atoms with E-state index in [9.17, 15) is 9.59 Å². The molecule has 6 aromatic carbocycles. The standard InChI is InChI=1S/C60H58N5O9/c1-60(2,3)74-59(68)64(31-19-23-39-21-17-29-43(33-39)55-53-45(63(4)49(66)37-61-55)35-47(70-7)51(57(53)72-9)41-25-13-11-14-26-41)65(5)46-36-48(71-8)52(42-27-15-12-16-28-42)58(73-10)54(46)56(62-38-50(65)67)44-30-18-22-40(34-44)24-20-32-69-6/h11-18,21-22,25-30,33-36H,31-32,37-38H2,1-10H3/q+1. The third-order valence-electron chi connectivity index (χ3n) is 12.6. The molecule has 376 valence electrons. The van der Waals surface area contributed by atoms with Gasteiger partial charge in [-0.15, -0.1) is 9.60 Å². The number of benzodiazepines with no additional fused rings is 2. The Morgan fingerprint density at radius 3 is 1.69 bits per heavy atom. The first-order valence-electron chi connectivity index (χ1n) is 23.8. The third kappa shape index (κ3) is 10.2. The molecule has 3 amide bonds. The Hall–Kier alpha value is -8.69. The number of amides is 3. The summed E-state index contributed by atoms with van der Waals surface area (Å²) in [6, 6.07) is 37.9. The lowest BCUT2D eigenvalue weighted by Gasteiger charge is -2.39. The quantitative estimate of drug-likeness (QED) is 0.0919. The van der Waals surface area contributed by atoms with Crippen molar-refractivity contribution >= 4 is 40.7 Å². The van der Waals surface area contributed by atoms with Crippen molar-refractivity contribution in [2.24, 2.45) is 9.98 Å². The van der Waals surface area contributed by atoms with Crippen molar-refractivity contribution in [3.8, 4) is 68.9 Å². The Bertz CT molecular complexity index is 3340. The van der Waals surface area contributed by atoms with E-state index in [0.717, 1.165) is 11.1 Å². The predicted molar refractivity (Wildman–Crippen MR) is 289 cm³/mol. The smallest absolute Gasteiger partial charge is 0.456 e. The fraction of sp³-hybridized carbons (Fsp3) is 0.250. The number of carbonyl (C=O) groups excluding carboxylic acids is 3. The van der Waals surface area contributed by atoms with E-state index >= 15 is 4.79 Å². The molecule has 0 aromatic heterocycles. The Morgan fingerprint density at radius 1 is 0.635 bits per heavy atom. The van der Waals surface area contributed by atoms with Crippen LogP contribution in [0.25, 0.3) is 22.3 Å². The Morgan fingerprint density at radius 2 is 1.15 bits per heavy atom. The molecule has 2 heterocycles. The van der Waals surface area contributed by atoms with Crippen molar-refractivity contribution in [1.82, 2.24) is 9.60 Å². The van der Waals surface area contributed by atoms with Crippen LogP contribution >= 0.6 is 0 Å². The van der Waals surface area contributed by atoms with Crippen LogP contribution < -0.4 is 28.4 Å². The van der Waals surface area contributed by atoms with E-state index in [2.05, 4.69) is 23.7 Å². The van der Waals surface area contributed by atoms with Crippen LogP contribution in [0.4, 0.5) is 16.2 Å². The highest BCUT2D eigenvalue weighted by molar-refractivity contribution is 6.23. The molecule has 2 aliphatic rings. The molecule has 14 heteroatoms. The molecular formula is C60H58N5O9+. The summed E-state index contributed by atoms with van der Waals surface area (Å²) < 4.78 is 35.1. The van der Waals surface area contributed by atoms with Gasteiger partial charge < -0.3 is 33.3 Å². The molecule has 0 aliphatic carbocycles. The number of nitrogens with zero attached hydrogens (tertiary/aromatic N) is 5.